The lowest BCUT2D eigenvalue weighted by Gasteiger charge is -2.22. The first-order valence-electron chi connectivity index (χ1n) is 5.69. The Morgan fingerprint density at radius 2 is 1.89 bits per heavy atom. The summed E-state index contributed by atoms with van der Waals surface area (Å²) in [6, 6.07) is 10.0. The molecular weight excluding hydrogens is 246 g/mol. The predicted octanol–water partition coefficient (Wildman–Crippen LogP) is 3.48. The van der Waals surface area contributed by atoms with E-state index >= 15 is 0 Å². The fourth-order valence-electron chi connectivity index (χ4n) is 1.84. The number of hydrogen-bond acceptors (Lipinski definition) is 3. The van der Waals surface area contributed by atoms with Crippen LogP contribution in [0, 0.1) is 6.92 Å². The van der Waals surface area contributed by atoms with Gasteiger partial charge in [0.2, 0.25) is 0 Å². The topological polar surface area (TPSA) is 50.2 Å². The average molecular weight is 261 g/mol. The van der Waals surface area contributed by atoms with Crippen LogP contribution in [0.2, 0.25) is 0 Å². The summed E-state index contributed by atoms with van der Waals surface area (Å²) in [6.07, 6.45) is 0. The van der Waals surface area contributed by atoms with E-state index in [0.717, 1.165) is 10.6 Å². The first kappa shape index (κ1) is 12.8. The Hall–Kier alpha value is -1.68. The largest absolute Gasteiger partial charge is 0.477 e. The Balaban J connectivity index is 2.48. The zero-order valence-electron chi connectivity index (χ0n) is 10.6. The first-order chi connectivity index (χ1) is 8.43. The van der Waals surface area contributed by atoms with E-state index in [-0.39, 0.29) is 5.41 Å². The van der Waals surface area contributed by atoms with Crippen LogP contribution >= 0.6 is 11.3 Å². The molecule has 4 heteroatoms. The van der Waals surface area contributed by atoms with Crippen molar-refractivity contribution in [2.75, 3.05) is 0 Å². The van der Waals surface area contributed by atoms with Gasteiger partial charge in [-0.05, 0) is 26.3 Å². The van der Waals surface area contributed by atoms with Gasteiger partial charge in [-0.15, -0.1) is 11.3 Å². The van der Waals surface area contributed by atoms with Crippen molar-refractivity contribution in [2.24, 2.45) is 0 Å². The van der Waals surface area contributed by atoms with Crippen molar-refractivity contribution in [3.63, 3.8) is 0 Å². The number of aromatic carboxylic acids is 1. The number of carboxylic acid groups (broad SMARTS) is 1. The van der Waals surface area contributed by atoms with Gasteiger partial charge < -0.3 is 5.11 Å². The van der Waals surface area contributed by atoms with E-state index in [9.17, 15) is 4.79 Å². The van der Waals surface area contributed by atoms with Gasteiger partial charge in [-0.3, -0.25) is 0 Å². The van der Waals surface area contributed by atoms with Crippen molar-refractivity contribution in [3.05, 3.63) is 51.5 Å². The van der Waals surface area contributed by atoms with E-state index in [4.69, 9.17) is 5.11 Å². The molecule has 2 rings (SSSR count). The molecule has 0 radical (unpaired) electrons. The Kier molecular flexibility index (Phi) is 3.22. The first-order valence-corrected chi connectivity index (χ1v) is 6.51. The van der Waals surface area contributed by atoms with E-state index in [1.54, 1.807) is 6.92 Å². The molecule has 0 saturated heterocycles. The van der Waals surface area contributed by atoms with Crippen molar-refractivity contribution >= 4 is 17.3 Å². The standard InChI is InChI=1S/C14H15NO2S/c1-9-11(12(16)17)18-13(15-9)14(2,3)10-7-5-4-6-8-10/h4-8H,1-3H3,(H,16,17). The van der Waals surface area contributed by atoms with Crippen LogP contribution in [-0.4, -0.2) is 16.1 Å². The van der Waals surface area contributed by atoms with E-state index in [1.165, 1.54) is 11.3 Å². The zero-order chi connectivity index (χ0) is 13.3. The third-order valence-electron chi connectivity index (χ3n) is 3.02. The van der Waals surface area contributed by atoms with Crippen molar-refractivity contribution in [2.45, 2.75) is 26.2 Å². The van der Waals surface area contributed by atoms with Gasteiger partial charge in [0.05, 0.1) is 5.69 Å². The van der Waals surface area contributed by atoms with Crippen LogP contribution in [-0.2, 0) is 5.41 Å². The number of aryl methyl sites for hydroxylation is 1. The molecule has 94 valence electrons. The lowest BCUT2D eigenvalue weighted by atomic mass is 9.85. The van der Waals surface area contributed by atoms with Crippen LogP contribution in [0.3, 0.4) is 0 Å². The summed E-state index contributed by atoms with van der Waals surface area (Å²) in [5.41, 5.74) is 1.45. The summed E-state index contributed by atoms with van der Waals surface area (Å²) >= 11 is 1.26. The second-order valence-corrected chi connectivity index (χ2v) is 5.73. The van der Waals surface area contributed by atoms with Crippen LogP contribution in [0.25, 0.3) is 0 Å². The number of benzene rings is 1. The molecule has 0 aliphatic carbocycles. The minimum atomic E-state index is -0.903. The molecule has 1 aromatic heterocycles. The number of hydrogen-bond donors (Lipinski definition) is 1. The molecule has 0 atom stereocenters. The highest BCUT2D eigenvalue weighted by Gasteiger charge is 2.28. The molecule has 1 N–H and O–H groups in total. The number of carbonyl (C=O) groups is 1. The normalized spacial score (nSPS) is 11.5. The molecule has 3 nitrogen and oxygen atoms in total. The molecule has 0 fully saturated rings. The molecule has 0 spiro atoms. The van der Waals surface area contributed by atoms with E-state index < -0.39 is 5.97 Å². The summed E-state index contributed by atoms with van der Waals surface area (Å²) in [7, 11) is 0. The highest BCUT2D eigenvalue weighted by Crippen LogP contribution is 2.35. The highest BCUT2D eigenvalue weighted by molar-refractivity contribution is 7.13. The summed E-state index contributed by atoms with van der Waals surface area (Å²) < 4.78 is 0. The van der Waals surface area contributed by atoms with Gasteiger partial charge in [0.25, 0.3) is 0 Å². The molecular formula is C14H15NO2S. The molecule has 0 aliphatic heterocycles. The van der Waals surface area contributed by atoms with Crippen molar-refractivity contribution in [1.29, 1.82) is 0 Å². The van der Waals surface area contributed by atoms with Gasteiger partial charge in [0, 0.05) is 5.41 Å². The second-order valence-electron chi connectivity index (χ2n) is 4.73. The number of aromatic nitrogens is 1. The van der Waals surface area contributed by atoms with Crippen LogP contribution < -0.4 is 0 Å². The predicted molar refractivity (Wildman–Crippen MR) is 72.4 cm³/mol. The number of carboxylic acids is 1. The minimum Gasteiger partial charge on any atom is -0.477 e. The molecule has 18 heavy (non-hydrogen) atoms. The summed E-state index contributed by atoms with van der Waals surface area (Å²) in [4.78, 5) is 15.8. The summed E-state index contributed by atoms with van der Waals surface area (Å²) in [5, 5.41) is 9.92. The Bertz CT molecular complexity index is 573. The molecule has 0 aliphatic rings. The molecule has 2 aromatic rings. The van der Waals surface area contributed by atoms with Crippen molar-refractivity contribution in [3.8, 4) is 0 Å². The third-order valence-corrected chi connectivity index (χ3v) is 4.49. The maximum Gasteiger partial charge on any atom is 0.347 e. The van der Waals surface area contributed by atoms with E-state index in [2.05, 4.69) is 18.8 Å². The van der Waals surface area contributed by atoms with E-state index in [1.807, 2.05) is 30.3 Å². The fourth-order valence-corrected chi connectivity index (χ4v) is 2.87. The maximum atomic E-state index is 11.1. The molecule has 0 unspecified atom stereocenters. The van der Waals surface area contributed by atoms with Crippen LogP contribution in [0.15, 0.2) is 30.3 Å². The Morgan fingerprint density at radius 3 is 2.39 bits per heavy atom. The van der Waals surface area contributed by atoms with Gasteiger partial charge >= 0.3 is 5.97 Å². The third kappa shape index (κ3) is 2.16. The number of thiazole rings is 1. The van der Waals surface area contributed by atoms with Crippen molar-refractivity contribution < 1.29 is 9.90 Å². The Morgan fingerprint density at radius 1 is 1.28 bits per heavy atom. The zero-order valence-corrected chi connectivity index (χ0v) is 11.4. The monoisotopic (exact) mass is 261 g/mol. The van der Waals surface area contributed by atoms with Crippen LogP contribution in [0.1, 0.15) is 39.8 Å². The van der Waals surface area contributed by atoms with Crippen LogP contribution in [0.4, 0.5) is 0 Å². The van der Waals surface area contributed by atoms with Crippen LogP contribution in [0.5, 0.6) is 0 Å². The minimum absolute atomic E-state index is 0.273. The van der Waals surface area contributed by atoms with Crippen molar-refractivity contribution in [1.82, 2.24) is 4.98 Å². The van der Waals surface area contributed by atoms with E-state index in [0.29, 0.717) is 10.6 Å². The van der Waals surface area contributed by atoms with Gasteiger partial charge in [-0.1, -0.05) is 30.3 Å². The molecule has 0 bridgehead atoms. The van der Waals surface area contributed by atoms with Gasteiger partial charge in [-0.2, -0.15) is 0 Å². The molecule has 0 saturated carbocycles. The summed E-state index contributed by atoms with van der Waals surface area (Å²) in [6.45, 7) is 5.86. The maximum absolute atomic E-state index is 11.1. The number of rotatable bonds is 3. The lowest BCUT2D eigenvalue weighted by Crippen LogP contribution is -2.18. The summed E-state index contributed by atoms with van der Waals surface area (Å²) in [5.74, 6) is -0.903. The van der Waals surface area contributed by atoms with Gasteiger partial charge in [-0.25, -0.2) is 9.78 Å². The highest BCUT2D eigenvalue weighted by atomic mass is 32.1. The number of nitrogens with zero attached hydrogens (tertiary/aromatic N) is 1. The smallest absolute Gasteiger partial charge is 0.347 e. The van der Waals surface area contributed by atoms with Gasteiger partial charge in [0.1, 0.15) is 9.88 Å². The molecule has 1 aromatic carbocycles. The van der Waals surface area contributed by atoms with Gasteiger partial charge in [0.15, 0.2) is 0 Å². The average Bonchev–Trinajstić information content (AvgIpc) is 2.73. The second kappa shape index (κ2) is 4.53. The Labute approximate surface area is 110 Å². The SMILES string of the molecule is Cc1nc(C(C)(C)c2ccccc2)sc1C(=O)O. The molecule has 0 amide bonds. The fraction of sp³-hybridized carbons (Fsp3) is 0.286. The molecule has 1 heterocycles. The lowest BCUT2D eigenvalue weighted by molar-refractivity contribution is 0.0701. The quantitative estimate of drug-likeness (QED) is 0.920.